The van der Waals surface area contributed by atoms with Gasteiger partial charge in [0.2, 0.25) is 17.8 Å². The molecule has 5 nitrogen and oxygen atoms in total. The zero-order chi connectivity index (χ0) is 22.8. The second kappa shape index (κ2) is 9.42. The maximum absolute atomic E-state index is 13.4. The molecule has 31 heavy (non-hydrogen) atoms. The average Bonchev–Trinajstić information content (AvgIpc) is 3.17. The molecule has 0 bridgehead atoms. The minimum absolute atomic E-state index is 0.0170. The van der Waals surface area contributed by atoms with E-state index >= 15 is 0 Å². The molecule has 0 aliphatic heterocycles. The first-order chi connectivity index (χ1) is 14.5. The molecule has 2 amide bonds. The van der Waals surface area contributed by atoms with Crippen molar-refractivity contribution >= 4 is 23.2 Å². The Morgan fingerprint density at radius 1 is 1.03 bits per heavy atom. The van der Waals surface area contributed by atoms with Crippen molar-refractivity contribution in [2.24, 2.45) is 11.8 Å². The van der Waals surface area contributed by atoms with Crippen molar-refractivity contribution in [3.05, 3.63) is 16.1 Å². The van der Waals surface area contributed by atoms with Gasteiger partial charge in [0.1, 0.15) is 10.7 Å². The van der Waals surface area contributed by atoms with E-state index in [4.69, 9.17) is 0 Å². The summed E-state index contributed by atoms with van der Waals surface area (Å²) in [5.74, 6) is -6.50. The van der Waals surface area contributed by atoms with Crippen LogP contribution in [0.15, 0.2) is 5.38 Å². The maximum Gasteiger partial charge on any atom is 0.270 e. The minimum atomic E-state index is -2.69. The Bertz CT molecular complexity index is 779. The van der Waals surface area contributed by atoms with Gasteiger partial charge in [-0.25, -0.2) is 22.5 Å². The molecule has 1 unspecified atom stereocenters. The average molecular weight is 464 g/mol. The number of hydrogen-bond donors (Lipinski definition) is 2. The number of rotatable bonds is 6. The number of thiazole rings is 1. The number of amides is 2. The third-order valence-electron chi connectivity index (χ3n) is 6.13. The van der Waals surface area contributed by atoms with E-state index in [2.05, 4.69) is 15.6 Å². The van der Waals surface area contributed by atoms with Gasteiger partial charge in [0.05, 0.1) is 6.04 Å². The van der Waals surface area contributed by atoms with Crippen LogP contribution in [0.4, 0.5) is 17.6 Å². The molecule has 3 rings (SSSR count). The van der Waals surface area contributed by atoms with E-state index in [9.17, 15) is 27.2 Å². The highest BCUT2D eigenvalue weighted by atomic mass is 32.1. The van der Waals surface area contributed by atoms with Gasteiger partial charge in [0.15, 0.2) is 0 Å². The minimum Gasteiger partial charge on any atom is -0.348 e. The lowest BCUT2D eigenvalue weighted by Gasteiger charge is -2.29. The lowest BCUT2D eigenvalue weighted by atomic mass is 9.86. The molecule has 1 heterocycles. The highest BCUT2D eigenvalue weighted by Gasteiger charge is 2.38. The Morgan fingerprint density at radius 3 is 2.13 bits per heavy atom. The normalized spacial score (nSPS) is 22.8. The van der Waals surface area contributed by atoms with E-state index in [1.165, 1.54) is 11.3 Å². The Hall–Kier alpha value is -1.71. The van der Waals surface area contributed by atoms with E-state index < -0.39 is 29.7 Å². The van der Waals surface area contributed by atoms with Gasteiger partial charge in [-0.3, -0.25) is 9.59 Å². The Balaban J connectivity index is 1.59. The van der Waals surface area contributed by atoms with Crippen molar-refractivity contribution in [3.8, 4) is 0 Å². The highest BCUT2D eigenvalue weighted by Crippen LogP contribution is 2.37. The van der Waals surface area contributed by atoms with E-state index in [0.29, 0.717) is 5.01 Å². The number of nitrogens with zero attached hydrogens (tertiary/aromatic N) is 1. The molecule has 0 saturated heterocycles. The molecule has 174 valence electrons. The number of carbonyl (C=O) groups is 2. The van der Waals surface area contributed by atoms with Crippen LogP contribution >= 0.6 is 11.3 Å². The van der Waals surface area contributed by atoms with Crippen LogP contribution in [0.25, 0.3) is 0 Å². The van der Waals surface area contributed by atoms with Crippen molar-refractivity contribution in [2.45, 2.75) is 89.1 Å². The van der Waals surface area contributed by atoms with Crippen LogP contribution in [0.5, 0.6) is 0 Å². The highest BCUT2D eigenvalue weighted by molar-refractivity contribution is 7.09. The fourth-order valence-corrected chi connectivity index (χ4v) is 5.09. The predicted molar refractivity (Wildman–Crippen MR) is 109 cm³/mol. The Labute approximate surface area is 183 Å². The molecule has 2 aliphatic rings. The van der Waals surface area contributed by atoms with Gasteiger partial charge >= 0.3 is 0 Å². The SMILES string of the molecule is CC(C)C(NC(=O)C1CCC(F)(F)CC1)c1nc(C(=O)NC2CCC(F)(F)CC2)cs1. The first-order valence-electron chi connectivity index (χ1n) is 10.8. The molecule has 0 spiro atoms. The fourth-order valence-electron chi connectivity index (χ4n) is 4.07. The molecule has 2 saturated carbocycles. The van der Waals surface area contributed by atoms with Gasteiger partial charge in [-0.15, -0.1) is 11.3 Å². The predicted octanol–water partition coefficient (Wildman–Crippen LogP) is 5.09. The summed E-state index contributed by atoms with van der Waals surface area (Å²) in [4.78, 5) is 29.5. The van der Waals surface area contributed by atoms with Gasteiger partial charge in [0.25, 0.3) is 5.91 Å². The van der Waals surface area contributed by atoms with Crippen LogP contribution in [0.1, 0.15) is 86.8 Å². The number of hydrogen-bond acceptors (Lipinski definition) is 4. The van der Waals surface area contributed by atoms with Crippen LogP contribution in [0.3, 0.4) is 0 Å². The zero-order valence-electron chi connectivity index (χ0n) is 17.7. The molecule has 10 heteroatoms. The van der Waals surface area contributed by atoms with Crippen LogP contribution in [0.2, 0.25) is 0 Å². The Morgan fingerprint density at radius 2 is 1.58 bits per heavy atom. The molecule has 1 atom stereocenters. The first-order valence-corrected chi connectivity index (χ1v) is 11.7. The summed E-state index contributed by atoms with van der Waals surface area (Å²) in [6.07, 6.45) is -0.311. The van der Waals surface area contributed by atoms with Gasteiger partial charge in [-0.05, 0) is 31.6 Å². The lowest BCUT2D eigenvalue weighted by Crippen LogP contribution is -2.40. The smallest absolute Gasteiger partial charge is 0.270 e. The topological polar surface area (TPSA) is 71.1 Å². The largest absolute Gasteiger partial charge is 0.348 e. The third kappa shape index (κ3) is 6.40. The second-order valence-corrected chi connectivity index (χ2v) is 9.92. The molecule has 2 fully saturated rings. The first kappa shape index (κ1) is 23.9. The van der Waals surface area contributed by atoms with E-state index in [-0.39, 0.29) is 74.9 Å². The van der Waals surface area contributed by atoms with Crippen molar-refractivity contribution in [3.63, 3.8) is 0 Å². The molecule has 2 aliphatic carbocycles. The summed E-state index contributed by atoms with van der Waals surface area (Å²) in [5.41, 5.74) is 0.189. The van der Waals surface area contributed by atoms with Gasteiger partial charge in [0, 0.05) is 43.0 Å². The molecule has 1 aromatic rings. The second-order valence-electron chi connectivity index (χ2n) is 9.04. The summed E-state index contributed by atoms with van der Waals surface area (Å²) in [5, 5.41) is 7.84. The van der Waals surface area contributed by atoms with Crippen molar-refractivity contribution < 1.29 is 27.2 Å². The lowest BCUT2D eigenvalue weighted by molar-refractivity contribution is -0.130. The third-order valence-corrected chi connectivity index (χ3v) is 7.05. The Kier molecular flexibility index (Phi) is 7.28. The monoisotopic (exact) mass is 463 g/mol. The van der Waals surface area contributed by atoms with E-state index in [1.54, 1.807) is 5.38 Å². The van der Waals surface area contributed by atoms with Crippen LogP contribution in [0, 0.1) is 11.8 Å². The number of nitrogens with one attached hydrogen (secondary N) is 2. The van der Waals surface area contributed by atoms with Crippen molar-refractivity contribution in [2.75, 3.05) is 0 Å². The summed E-state index contributed by atoms with van der Waals surface area (Å²) >= 11 is 1.24. The quantitative estimate of drug-likeness (QED) is 0.578. The molecule has 2 N–H and O–H groups in total. The van der Waals surface area contributed by atoms with Gasteiger partial charge in [-0.1, -0.05) is 13.8 Å². The van der Waals surface area contributed by atoms with E-state index in [1.807, 2.05) is 13.8 Å². The van der Waals surface area contributed by atoms with Gasteiger partial charge < -0.3 is 10.6 Å². The maximum atomic E-state index is 13.4. The number of carbonyl (C=O) groups excluding carboxylic acids is 2. The summed E-state index contributed by atoms with van der Waals surface area (Å²) in [7, 11) is 0. The molecular formula is C21H29F4N3O2S. The van der Waals surface area contributed by atoms with E-state index in [0.717, 1.165) is 0 Å². The molecule has 0 aromatic carbocycles. The standard InChI is InChI=1S/C21H29F4N3O2S/c1-12(2)16(28-17(29)13-3-7-20(22,23)8-4-13)19-27-15(11-31-19)18(30)26-14-5-9-21(24,25)10-6-14/h11-14,16H,3-10H2,1-2H3,(H,26,30)(H,28,29). The molecule has 1 aromatic heterocycles. The van der Waals surface area contributed by atoms with Crippen LogP contribution < -0.4 is 10.6 Å². The van der Waals surface area contributed by atoms with Crippen LogP contribution in [-0.4, -0.2) is 34.7 Å². The number of halogens is 4. The number of aromatic nitrogens is 1. The summed E-state index contributed by atoms with van der Waals surface area (Å²) in [6, 6.07) is -0.739. The fraction of sp³-hybridized carbons (Fsp3) is 0.762. The summed E-state index contributed by atoms with van der Waals surface area (Å²) in [6.45, 7) is 3.81. The van der Waals surface area contributed by atoms with Crippen LogP contribution in [-0.2, 0) is 4.79 Å². The van der Waals surface area contributed by atoms with Crippen molar-refractivity contribution in [1.82, 2.24) is 15.6 Å². The summed E-state index contributed by atoms with van der Waals surface area (Å²) < 4.78 is 53.3. The van der Waals surface area contributed by atoms with Crippen molar-refractivity contribution in [1.29, 1.82) is 0 Å². The zero-order valence-corrected chi connectivity index (χ0v) is 18.5. The number of alkyl halides is 4. The molecule has 0 radical (unpaired) electrons. The van der Waals surface area contributed by atoms with Gasteiger partial charge in [-0.2, -0.15) is 0 Å². The molecular weight excluding hydrogens is 434 g/mol.